The van der Waals surface area contributed by atoms with Gasteiger partial charge in [-0.3, -0.25) is 0 Å². The van der Waals surface area contributed by atoms with Gasteiger partial charge in [-0.1, -0.05) is 170 Å². The number of benzene rings is 8. The highest BCUT2D eigenvalue weighted by Crippen LogP contribution is 2.38. The van der Waals surface area contributed by atoms with Gasteiger partial charge in [0, 0.05) is 27.5 Å². The van der Waals surface area contributed by atoms with Gasteiger partial charge in [0.25, 0.3) is 0 Å². The molecule has 10 aromatic rings. The Balaban J connectivity index is 1.09. The second-order valence-corrected chi connectivity index (χ2v) is 13.6. The van der Waals surface area contributed by atoms with E-state index < -0.39 is 0 Å². The summed E-state index contributed by atoms with van der Waals surface area (Å²) in [6.45, 7) is 0. The van der Waals surface area contributed by atoms with E-state index in [1.165, 1.54) is 11.1 Å². The van der Waals surface area contributed by atoms with Crippen LogP contribution in [-0.4, -0.2) is 15.0 Å². The lowest BCUT2D eigenvalue weighted by molar-refractivity contribution is 0.669. The molecule has 0 spiro atoms. The van der Waals surface area contributed by atoms with E-state index in [4.69, 9.17) is 19.4 Å². The Kier molecular flexibility index (Phi) is 8.12. The highest BCUT2D eigenvalue weighted by Gasteiger charge is 2.17. The van der Waals surface area contributed by atoms with E-state index in [1.807, 2.05) is 30.3 Å². The van der Waals surface area contributed by atoms with Crippen molar-refractivity contribution in [3.63, 3.8) is 0 Å². The first-order valence-electron chi connectivity index (χ1n) is 18.4. The zero-order chi connectivity index (χ0) is 36.6. The predicted molar refractivity (Wildman–Crippen MR) is 225 cm³/mol. The Labute approximate surface area is 319 Å². The Morgan fingerprint density at radius 1 is 0.273 bits per heavy atom. The van der Waals surface area contributed by atoms with Crippen molar-refractivity contribution in [1.82, 2.24) is 15.0 Å². The van der Waals surface area contributed by atoms with Gasteiger partial charge in [-0.15, -0.1) is 0 Å². The maximum absolute atomic E-state index is 6.50. The molecule has 10 rings (SSSR count). The molecule has 0 amide bonds. The van der Waals surface area contributed by atoms with Crippen LogP contribution in [0.2, 0.25) is 0 Å². The van der Waals surface area contributed by atoms with E-state index in [0.29, 0.717) is 17.5 Å². The molecule has 0 radical (unpaired) electrons. The standard InChI is InChI=1S/C51H33N3O/c1-4-13-34(14-5-1)36-25-27-38(28-26-36)49-52-50(42-22-11-21-41(32-42)40-20-10-19-39(31-40)35-15-6-2-7-16-35)54-51(53-49)43-29-30-45-47(33-43)55-46-24-12-23-44(48(45)46)37-17-8-3-9-18-37/h1-33H. The highest BCUT2D eigenvalue weighted by atomic mass is 16.3. The number of aromatic nitrogens is 3. The van der Waals surface area contributed by atoms with Crippen LogP contribution in [0.1, 0.15) is 0 Å². The fraction of sp³-hybridized carbons (Fsp3) is 0. The van der Waals surface area contributed by atoms with Crippen LogP contribution < -0.4 is 0 Å². The van der Waals surface area contributed by atoms with E-state index in [9.17, 15) is 0 Å². The van der Waals surface area contributed by atoms with Gasteiger partial charge in [0.1, 0.15) is 11.2 Å². The quantitative estimate of drug-likeness (QED) is 0.166. The maximum atomic E-state index is 6.50. The van der Waals surface area contributed by atoms with Crippen molar-refractivity contribution in [3.8, 4) is 78.7 Å². The molecular weight excluding hydrogens is 671 g/mol. The summed E-state index contributed by atoms with van der Waals surface area (Å²) in [5.74, 6) is 1.78. The molecule has 0 aliphatic rings. The van der Waals surface area contributed by atoms with Gasteiger partial charge in [-0.25, -0.2) is 15.0 Å². The minimum atomic E-state index is 0.578. The molecule has 2 heterocycles. The van der Waals surface area contributed by atoms with Crippen molar-refractivity contribution < 1.29 is 4.42 Å². The lowest BCUT2D eigenvalue weighted by atomic mass is 9.98. The molecule has 0 atom stereocenters. The molecule has 0 aliphatic carbocycles. The maximum Gasteiger partial charge on any atom is 0.164 e. The van der Waals surface area contributed by atoms with Crippen molar-refractivity contribution in [3.05, 3.63) is 200 Å². The van der Waals surface area contributed by atoms with Gasteiger partial charge < -0.3 is 4.42 Å². The molecule has 55 heavy (non-hydrogen) atoms. The number of nitrogens with zero attached hydrogens (tertiary/aromatic N) is 3. The lowest BCUT2D eigenvalue weighted by Gasteiger charge is -2.11. The molecule has 0 bridgehead atoms. The van der Waals surface area contributed by atoms with Crippen LogP contribution in [0.3, 0.4) is 0 Å². The number of furan rings is 1. The first-order valence-corrected chi connectivity index (χ1v) is 18.4. The summed E-state index contributed by atoms with van der Waals surface area (Å²) in [5, 5.41) is 2.15. The summed E-state index contributed by atoms with van der Waals surface area (Å²) in [6, 6.07) is 69.3. The summed E-state index contributed by atoms with van der Waals surface area (Å²) in [6.07, 6.45) is 0. The molecule has 0 saturated carbocycles. The molecule has 8 aromatic carbocycles. The topological polar surface area (TPSA) is 51.8 Å². The number of hydrogen-bond donors (Lipinski definition) is 0. The van der Waals surface area contributed by atoms with Gasteiger partial charge >= 0.3 is 0 Å². The van der Waals surface area contributed by atoms with Gasteiger partial charge in [0.15, 0.2) is 17.5 Å². The fourth-order valence-corrected chi connectivity index (χ4v) is 7.38. The molecule has 0 aliphatic heterocycles. The van der Waals surface area contributed by atoms with Crippen LogP contribution in [0.15, 0.2) is 205 Å². The van der Waals surface area contributed by atoms with Crippen LogP contribution in [-0.2, 0) is 0 Å². The van der Waals surface area contributed by atoms with Gasteiger partial charge in [-0.2, -0.15) is 0 Å². The first-order chi connectivity index (χ1) is 27.2. The Morgan fingerprint density at radius 2 is 0.691 bits per heavy atom. The molecule has 2 aromatic heterocycles. The predicted octanol–water partition coefficient (Wildman–Crippen LogP) is 13.4. The molecule has 258 valence electrons. The second kappa shape index (κ2) is 13.8. The van der Waals surface area contributed by atoms with Crippen molar-refractivity contribution in [1.29, 1.82) is 0 Å². The van der Waals surface area contributed by atoms with Crippen LogP contribution in [0, 0.1) is 0 Å². The van der Waals surface area contributed by atoms with Crippen LogP contribution in [0.4, 0.5) is 0 Å². The average Bonchev–Trinajstić information content (AvgIpc) is 3.66. The van der Waals surface area contributed by atoms with E-state index in [1.54, 1.807) is 0 Å². The average molecular weight is 704 g/mol. The van der Waals surface area contributed by atoms with Gasteiger partial charge in [0.2, 0.25) is 0 Å². The normalized spacial score (nSPS) is 11.3. The first kappa shape index (κ1) is 32.2. The van der Waals surface area contributed by atoms with Crippen LogP contribution >= 0.6 is 0 Å². The van der Waals surface area contributed by atoms with Crippen molar-refractivity contribution >= 4 is 21.9 Å². The molecule has 0 unspecified atom stereocenters. The minimum Gasteiger partial charge on any atom is -0.456 e. The largest absolute Gasteiger partial charge is 0.456 e. The van der Waals surface area contributed by atoms with Crippen LogP contribution in [0.5, 0.6) is 0 Å². The lowest BCUT2D eigenvalue weighted by Crippen LogP contribution is -2.00. The fourth-order valence-electron chi connectivity index (χ4n) is 7.38. The SMILES string of the molecule is c1ccc(-c2ccc(-c3nc(-c4cccc(-c5cccc(-c6ccccc6)c5)c4)nc(-c4ccc5c(c4)oc4cccc(-c6ccccc6)c45)n3)cc2)cc1. The van der Waals surface area contributed by atoms with E-state index in [-0.39, 0.29) is 0 Å². The number of hydrogen-bond acceptors (Lipinski definition) is 4. The molecule has 0 N–H and O–H groups in total. The summed E-state index contributed by atoms with van der Waals surface area (Å²) < 4.78 is 6.50. The summed E-state index contributed by atoms with van der Waals surface area (Å²) in [5.41, 5.74) is 13.5. The van der Waals surface area contributed by atoms with Gasteiger partial charge in [0.05, 0.1) is 0 Å². The third-order valence-corrected chi connectivity index (χ3v) is 10.1. The van der Waals surface area contributed by atoms with Crippen molar-refractivity contribution in [2.45, 2.75) is 0 Å². The van der Waals surface area contributed by atoms with Gasteiger partial charge in [-0.05, 0) is 74.8 Å². The second-order valence-electron chi connectivity index (χ2n) is 13.6. The zero-order valence-corrected chi connectivity index (χ0v) is 29.8. The van der Waals surface area contributed by atoms with Crippen molar-refractivity contribution in [2.24, 2.45) is 0 Å². The molecular formula is C51H33N3O. The summed E-state index contributed by atoms with van der Waals surface area (Å²) in [7, 11) is 0. The Hall–Kier alpha value is -7.43. The molecule has 4 heteroatoms. The zero-order valence-electron chi connectivity index (χ0n) is 29.8. The Morgan fingerprint density at radius 3 is 1.33 bits per heavy atom. The Bertz CT molecular complexity index is 2950. The highest BCUT2D eigenvalue weighted by molar-refractivity contribution is 6.13. The number of fused-ring (bicyclic) bond motifs is 3. The summed E-state index contributed by atoms with van der Waals surface area (Å²) in [4.78, 5) is 15.3. The van der Waals surface area contributed by atoms with E-state index >= 15 is 0 Å². The minimum absolute atomic E-state index is 0.578. The molecule has 0 fully saturated rings. The van der Waals surface area contributed by atoms with E-state index in [2.05, 4.69) is 170 Å². The molecule has 0 saturated heterocycles. The molecule has 4 nitrogen and oxygen atoms in total. The monoisotopic (exact) mass is 703 g/mol. The smallest absolute Gasteiger partial charge is 0.164 e. The summed E-state index contributed by atoms with van der Waals surface area (Å²) >= 11 is 0. The van der Waals surface area contributed by atoms with Crippen molar-refractivity contribution in [2.75, 3.05) is 0 Å². The third-order valence-electron chi connectivity index (χ3n) is 10.1. The van der Waals surface area contributed by atoms with E-state index in [0.717, 1.165) is 72.0 Å². The third kappa shape index (κ3) is 6.26. The number of rotatable bonds is 7. The van der Waals surface area contributed by atoms with Crippen LogP contribution in [0.25, 0.3) is 101 Å².